The molecule has 1 aliphatic carbocycles. The molecule has 1 saturated heterocycles. The lowest BCUT2D eigenvalue weighted by Gasteiger charge is -2.26. The van der Waals surface area contributed by atoms with Crippen LogP contribution < -0.4 is 4.74 Å². The predicted molar refractivity (Wildman–Crippen MR) is 109 cm³/mol. The first kappa shape index (κ1) is 17.3. The topological polar surface area (TPSA) is 47.4 Å². The summed E-state index contributed by atoms with van der Waals surface area (Å²) in [6, 6.07) is 14.1. The number of carbonyl (C=O) groups excluding carboxylic acids is 1. The molecule has 5 heteroatoms. The van der Waals surface area contributed by atoms with Gasteiger partial charge in [-0.2, -0.15) is 0 Å². The van der Waals surface area contributed by atoms with Crippen LogP contribution in [0.3, 0.4) is 0 Å². The number of hydrogen-bond donors (Lipinski definition) is 0. The van der Waals surface area contributed by atoms with Gasteiger partial charge in [-0.3, -0.25) is 9.36 Å². The van der Waals surface area contributed by atoms with E-state index in [9.17, 15) is 4.79 Å². The number of likely N-dealkylation sites (tertiary alicyclic amines) is 1. The number of amides is 1. The zero-order valence-corrected chi connectivity index (χ0v) is 16.2. The Kier molecular flexibility index (Phi) is 4.30. The Balaban J connectivity index is 1.56. The van der Waals surface area contributed by atoms with Gasteiger partial charge in [0.15, 0.2) is 0 Å². The van der Waals surface area contributed by atoms with Gasteiger partial charge in [0.1, 0.15) is 11.6 Å². The van der Waals surface area contributed by atoms with Crippen molar-refractivity contribution in [2.24, 2.45) is 0 Å². The maximum absolute atomic E-state index is 12.9. The van der Waals surface area contributed by atoms with Crippen molar-refractivity contribution in [1.82, 2.24) is 14.5 Å². The minimum Gasteiger partial charge on any atom is -0.497 e. The van der Waals surface area contributed by atoms with E-state index in [1.165, 1.54) is 19.3 Å². The highest BCUT2D eigenvalue weighted by atomic mass is 16.5. The third kappa shape index (κ3) is 3.05. The molecule has 0 unspecified atom stereocenters. The fourth-order valence-electron chi connectivity index (χ4n) is 4.13. The number of piperidine rings is 1. The molecule has 0 N–H and O–H groups in total. The van der Waals surface area contributed by atoms with Crippen molar-refractivity contribution in [2.75, 3.05) is 20.2 Å². The van der Waals surface area contributed by atoms with Crippen molar-refractivity contribution in [1.29, 1.82) is 0 Å². The summed E-state index contributed by atoms with van der Waals surface area (Å²) in [5.41, 5.74) is 3.79. The van der Waals surface area contributed by atoms with Crippen molar-refractivity contribution in [3.8, 4) is 11.4 Å². The molecule has 0 radical (unpaired) electrons. The molecule has 0 bridgehead atoms. The van der Waals surface area contributed by atoms with E-state index in [4.69, 9.17) is 9.72 Å². The zero-order chi connectivity index (χ0) is 19.1. The van der Waals surface area contributed by atoms with Gasteiger partial charge in [-0.25, -0.2) is 4.98 Å². The Morgan fingerprint density at radius 1 is 1.04 bits per heavy atom. The number of ether oxygens (including phenoxy) is 1. The Morgan fingerprint density at radius 3 is 2.46 bits per heavy atom. The second-order valence-corrected chi connectivity index (χ2v) is 7.83. The lowest BCUT2D eigenvalue weighted by molar-refractivity contribution is 0.0724. The highest BCUT2D eigenvalue weighted by Gasteiger charge is 2.30. The van der Waals surface area contributed by atoms with E-state index >= 15 is 0 Å². The number of imidazole rings is 1. The Hall–Kier alpha value is -2.82. The van der Waals surface area contributed by atoms with Crippen LogP contribution in [-0.4, -0.2) is 40.6 Å². The van der Waals surface area contributed by atoms with Crippen LogP contribution >= 0.6 is 0 Å². The number of methoxy groups -OCH3 is 1. The lowest BCUT2D eigenvalue weighted by Crippen LogP contribution is -2.35. The number of fused-ring (bicyclic) bond motifs is 1. The van der Waals surface area contributed by atoms with E-state index < -0.39 is 0 Å². The summed E-state index contributed by atoms with van der Waals surface area (Å²) in [7, 11) is 1.68. The second-order valence-electron chi connectivity index (χ2n) is 7.83. The van der Waals surface area contributed by atoms with Crippen LogP contribution in [0.1, 0.15) is 54.2 Å². The third-order valence-corrected chi connectivity index (χ3v) is 5.84. The molecule has 0 atom stereocenters. The standard InChI is InChI=1S/C23H25N3O2/c1-28-19-10-8-18(9-11-19)26-21-12-7-17(23(27)25-13-3-2-4-14-25)15-20(21)24-22(26)16-5-6-16/h7-12,15-16H,2-6,13-14H2,1H3. The highest BCUT2D eigenvalue weighted by molar-refractivity contribution is 5.97. The summed E-state index contributed by atoms with van der Waals surface area (Å²) < 4.78 is 7.53. The van der Waals surface area contributed by atoms with E-state index in [0.717, 1.165) is 59.8 Å². The maximum atomic E-state index is 12.9. The van der Waals surface area contributed by atoms with E-state index in [-0.39, 0.29) is 5.91 Å². The average molecular weight is 375 g/mol. The molecule has 2 fully saturated rings. The van der Waals surface area contributed by atoms with Crippen molar-refractivity contribution < 1.29 is 9.53 Å². The summed E-state index contributed by atoms with van der Waals surface area (Å²) in [4.78, 5) is 19.8. The van der Waals surface area contributed by atoms with Crippen LogP contribution in [0.25, 0.3) is 16.7 Å². The summed E-state index contributed by atoms with van der Waals surface area (Å²) in [6.45, 7) is 1.73. The molecule has 28 heavy (non-hydrogen) atoms. The molecule has 0 spiro atoms. The van der Waals surface area contributed by atoms with Crippen molar-refractivity contribution in [3.63, 3.8) is 0 Å². The number of nitrogens with zero attached hydrogens (tertiary/aromatic N) is 3. The van der Waals surface area contributed by atoms with Crippen molar-refractivity contribution >= 4 is 16.9 Å². The van der Waals surface area contributed by atoms with Crippen LogP contribution in [0.4, 0.5) is 0 Å². The van der Waals surface area contributed by atoms with E-state index in [2.05, 4.69) is 22.8 Å². The van der Waals surface area contributed by atoms with Gasteiger partial charge in [0.2, 0.25) is 0 Å². The first-order valence-electron chi connectivity index (χ1n) is 10.2. The monoisotopic (exact) mass is 375 g/mol. The second kappa shape index (κ2) is 6.97. The molecule has 1 saturated carbocycles. The minimum atomic E-state index is 0.133. The predicted octanol–water partition coefficient (Wildman–Crippen LogP) is 4.54. The fraction of sp³-hybridized carbons (Fsp3) is 0.391. The molecular formula is C23H25N3O2. The van der Waals surface area contributed by atoms with Gasteiger partial charge >= 0.3 is 0 Å². The molecule has 3 aromatic rings. The molecular weight excluding hydrogens is 350 g/mol. The summed E-state index contributed by atoms with van der Waals surface area (Å²) >= 11 is 0. The third-order valence-electron chi connectivity index (χ3n) is 5.84. The largest absolute Gasteiger partial charge is 0.497 e. The Labute approximate surface area is 164 Å². The first-order chi connectivity index (χ1) is 13.7. The van der Waals surface area contributed by atoms with Gasteiger partial charge in [-0.05, 0) is 74.6 Å². The normalized spacial score (nSPS) is 17.1. The zero-order valence-electron chi connectivity index (χ0n) is 16.2. The van der Waals surface area contributed by atoms with Crippen molar-refractivity contribution in [2.45, 2.75) is 38.0 Å². The highest BCUT2D eigenvalue weighted by Crippen LogP contribution is 2.42. The van der Waals surface area contributed by atoms with Crippen LogP contribution in [0.5, 0.6) is 5.75 Å². The quantitative estimate of drug-likeness (QED) is 0.673. The van der Waals surface area contributed by atoms with Crippen molar-refractivity contribution in [3.05, 3.63) is 53.9 Å². The van der Waals surface area contributed by atoms with Gasteiger partial charge in [0.25, 0.3) is 5.91 Å². The SMILES string of the molecule is COc1ccc(-n2c(C3CC3)nc3cc(C(=O)N4CCCCC4)ccc32)cc1. The molecule has 144 valence electrons. The van der Waals surface area contributed by atoms with Crippen LogP contribution in [0.2, 0.25) is 0 Å². The van der Waals surface area contributed by atoms with Gasteiger partial charge < -0.3 is 9.64 Å². The van der Waals surface area contributed by atoms with Gasteiger partial charge in [0.05, 0.1) is 18.1 Å². The molecule has 2 heterocycles. The van der Waals surface area contributed by atoms with Crippen LogP contribution in [-0.2, 0) is 0 Å². The summed E-state index contributed by atoms with van der Waals surface area (Å²) in [5, 5.41) is 0. The van der Waals surface area contributed by atoms with Gasteiger partial charge in [0, 0.05) is 30.3 Å². The number of hydrogen-bond acceptors (Lipinski definition) is 3. The molecule has 1 aliphatic heterocycles. The summed E-state index contributed by atoms with van der Waals surface area (Å²) in [5.74, 6) is 2.59. The number of aromatic nitrogens is 2. The first-order valence-corrected chi connectivity index (χ1v) is 10.2. The van der Waals surface area contributed by atoms with Gasteiger partial charge in [-0.1, -0.05) is 0 Å². The van der Waals surface area contributed by atoms with Crippen LogP contribution in [0.15, 0.2) is 42.5 Å². The smallest absolute Gasteiger partial charge is 0.253 e. The maximum Gasteiger partial charge on any atom is 0.253 e. The lowest BCUT2D eigenvalue weighted by atomic mass is 10.1. The fourth-order valence-corrected chi connectivity index (χ4v) is 4.13. The van der Waals surface area contributed by atoms with E-state index in [1.54, 1.807) is 7.11 Å². The van der Waals surface area contributed by atoms with E-state index in [0.29, 0.717) is 5.92 Å². The van der Waals surface area contributed by atoms with Gasteiger partial charge in [-0.15, -0.1) is 0 Å². The Morgan fingerprint density at radius 2 is 1.79 bits per heavy atom. The molecule has 5 nitrogen and oxygen atoms in total. The molecule has 2 aliphatic rings. The van der Waals surface area contributed by atoms with Crippen LogP contribution in [0, 0.1) is 0 Å². The Bertz CT molecular complexity index is 1010. The van der Waals surface area contributed by atoms with E-state index in [1.807, 2.05) is 29.2 Å². The number of carbonyl (C=O) groups is 1. The number of benzene rings is 2. The molecule has 2 aromatic carbocycles. The molecule has 5 rings (SSSR count). The molecule has 1 amide bonds. The average Bonchev–Trinajstić information content (AvgIpc) is 3.54. The molecule has 1 aromatic heterocycles. The summed E-state index contributed by atoms with van der Waals surface area (Å²) in [6.07, 6.45) is 5.79. The number of rotatable bonds is 4. The minimum absolute atomic E-state index is 0.133.